The molecule has 118 valence electrons. The van der Waals surface area contributed by atoms with Crippen molar-refractivity contribution in [3.63, 3.8) is 0 Å². The number of fused-ring (bicyclic) bond motifs is 1. The Morgan fingerprint density at radius 2 is 2.05 bits per heavy atom. The van der Waals surface area contributed by atoms with Crippen LogP contribution < -0.4 is 13.6 Å². The van der Waals surface area contributed by atoms with Gasteiger partial charge in [-0.3, -0.25) is 0 Å². The summed E-state index contributed by atoms with van der Waals surface area (Å²) >= 11 is 0. The van der Waals surface area contributed by atoms with E-state index in [-0.39, 0.29) is 17.7 Å². The molecule has 0 saturated heterocycles. The third-order valence-electron chi connectivity index (χ3n) is 3.31. The highest BCUT2D eigenvalue weighted by Gasteiger charge is 2.42. The summed E-state index contributed by atoms with van der Waals surface area (Å²) in [6.07, 6.45) is -0.391. The minimum atomic E-state index is -3.79. The molecule has 7 heteroatoms. The second kappa shape index (κ2) is 5.82. The van der Waals surface area contributed by atoms with Crippen LogP contribution in [0.3, 0.4) is 0 Å². The second-order valence-corrected chi connectivity index (χ2v) is 6.68. The second-order valence-electron chi connectivity index (χ2n) is 5.32. The Hall–Kier alpha value is -1.31. The van der Waals surface area contributed by atoms with Crippen LogP contribution in [0.2, 0.25) is 0 Å². The van der Waals surface area contributed by atoms with Gasteiger partial charge in [0.1, 0.15) is 11.5 Å². The van der Waals surface area contributed by atoms with Crippen LogP contribution in [0.25, 0.3) is 0 Å². The Balaban J connectivity index is 2.28. The van der Waals surface area contributed by atoms with Crippen molar-refractivity contribution in [2.24, 2.45) is 0 Å². The van der Waals surface area contributed by atoms with E-state index < -0.39 is 16.6 Å². The fourth-order valence-corrected chi connectivity index (χ4v) is 3.05. The normalized spacial score (nSPS) is 19.9. The number of ether oxygens (including phenoxy) is 2. The van der Waals surface area contributed by atoms with Gasteiger partial charge in [0.2, 0.25) is 6.29 Å². The van der Waals surface area contributed by atoms with E-state index >= 15 is 0 Å². The largest absolute Gasteiger partial charge is 0.464 e. The van der Waals surface area contributed by atoms with Crippen LogP contribution in [0.4, 0.5) is 0 Å². The standard InChI is InChI=1S/C14H21NO5S/c1-5-15-21(16,17)20-10-7-8-12-11(9-10)14(3,4)13(19-12)18-6-2/h7-9,13,15H,5-6H2,1-4H3. The zero-order valence-electron chi connectivity index (χ0n) is 12.7. The molecule has 0 amide bonds. The van der Waals surface area contributed by atoms with Crippen molar-refractivity contribution in [3.05, 3.63) is 23.8 Å². The molecule has 1 aromatic rings. The Morgan fingerprint density at radius 1 is 1.33 bits per heavy atom. The third-order valence-corrected chi connectivity index (χ3v) is 4.37. The third kappa shape index (κ3) is 3.30. The fraction of sp³-hybridized carbons (Fsp3) is 0.571. The van der Waals surface area contributed by atoms with Crippen LogP contribution in [0.5, 0.6) is 11.5 Å². The van der Waals surface area contributed by atoms with E-state index in [1.807, 2.05) is 20.8 Å². The van der Waals surface area contributed by atoms with Gasteiger partial charge in [-0.2, -0.15) is 13.1 Å². The first kappa shape index (κ1) is 16.1. The zero-order chi connectivity index (χ0) is 15.7. The van der Waals surface area contributed by atoms with Gasteiger partial charge in [0.25, 0.3) is 0 Å². The molecule has 0 spiro atoms. The molecular formula is C14H21NO5S. The van der Waals surface area contributed by atoms with E-state index in [2.05, 4.69) is 4.72 Å². The smallest absolute Gasteiger partial charge is 0.382 e. The van der Waals surface area contributed by atoms with Gasteiger partial charge in [-0.25, -0.2) is 0 Å². The van der Waals surface area contributed by atoms with E-state index in [0.29, 0.717) is 12.4 Å². The highest BCUT2D eigenvalue weighted by Crippen LogP contribution is 2.44. The molecule has 1 aliphatic rings. The highest BCUT2D eigenvalue weighted by atomic mass is 32.2. The molecule has 1 aliphatic heterocycles. The van der Waals surface area contributed by atoms with E-state index in [4.69, 9.17) is 13.7 Å². The van der Waals surface area contributed by atoms with Crippen molar-refractivity contribution in [1.29, 1.82) is 0 Å². The zero-order valence-corrected chi connectivity index (χ0v) is 13.5. The first-order chi connectivity index (χ1) is 9.80. The maximum Gasteiger partial charge on any atom is 0.382 e. The number of rotatable bonds is 6. The van der Waals surface area contributed by atoms with Gasteiger partial charge in [0.05, 0.1) is 5.41 Å². The number of nitrogens with one attached hydrogen (secondary N) is 1. The molecule has 1 N–H and O–H groups in total. The molecule has 1 aromatic carbocycles. The number of benzene rings is 1. The molecular weight excluding hydrogens is 294 g/mol. The SMILES string of the molecule is CCNS(=O)(=O)Oc1ccc2c(c1)C(C)(C)C(OCC)O2. The van der Waals surface area contributed by atoms with Gasteiger partial charge in [-0.1, -0.05) is 6.92 Å². The molecule has 0 aromatic heterocycles. The predicted octanol–water partition coefficient (Wildman–Crippen LogP) is 1.95. The summed E-state index contributed by atoms with van der Waals surface area (Å²) < 4.78 is 41.9. The molecule has 1 heterocycles. The molecule has 21 heavy (non-hydrogen) atoms. The van der Waals surface area contributed by atoms with E-state index in [0.717, 1.165) is 5.56 Å². The van der Waals surface area contributed by atoms with Gasteiger partial charge >= 0.3 is 10.3 Å². The van der Waals surface area contributed by atoms with Crippen LogP contribution in [-0.2, 0) is 20.5 Å². The Bertz CT molecular complexity index is 612. The van der Waals surface area contributed by atoms with Crippen molar-refractivity contribution >= 4 is 10.3 Å². The van der Waals surface area contributed by atoms with Gasteiger partial charge in [0, 0.05) is 18.7 Å². The van der Waals surface area contributed by atoms with Crippen LogP contribution in [0, 0.1) is 0 Å². The summed E-state index contributed by atoms with van der Waals surface area (Å²) in [5.74, 6) is 0.940. The van der Waals surface area contributed by atoms with Gasteiger partial charge in [-0.15, -0.1) is 0 Å². The Morgan fingerprint density at radius 3 is 2.67 bits per heavy atom. The lowest BCUT2D eigenvalue weighted by Crippen LogP contribution is -2.34. The predicted molar refractivity (Wildman–Crippen MR) is 78.7 cm³/mol. The van der Waals surface area contributed by atoms with Crippen molar-refractivity contribution in [2.45, 2.75) is 39.4 Å². The lowest BCUT2D eigenvalue weighted by molar-refractivity contribution is -0.0981. The fourth-order valence-electron chi connectivity index (χ4n) is 2.28. The molecule has 0 bridgehead atoms. The molecule has 1 atom stereocenters. The summed E-state index contributed by atoms with van der Waals surface area (Å²) in [6.45, 7) is 8.38. The topological polar surface area (TPSA) is 73.9 Å². The first-order valence-electron chi connectivity index (χ1n) is 6.92. The average Bonchev–Trinajstić information content (AvgIpc) is 2.62. The van der Waals surface area contributed by atoms with Crippen LogP contribution in [0.15, 0.2) is 18.2 Å². The van der Waals surface area contributed by atoms with Crippen molar-refractivity contribution in [2.75, 3.05) is 13.2 Å². The molecule has 0 saturated carbocycles. The van der Waals surface area contributed by atoms with Crippen molar-refractivity contribution in [3.8, 4) is 11.5 Å². The van der Waals surface area contributed by atoms with E-state index in [9.17, 15) is 8.42 Å². The highest BCUT2D eigenvalue weighted by molar-refractivity contribution is 7.85. The monoisotopic (exact) mass is 315 g/mol. The van der Waals surface area contributed by atoms with Gasteiger partial charge < -0.3 is 13.7 Å². The Kier molecular flexibility index (Phi) is 4.46. The first-order valence-corrected chi connectivity index (χ1v) is 8.33. The summed E-state index contributed by atoms with van der Waals surface area (Å²) in [4.78, 5) is 0. The van der Waals surface area contributed by atoms with Crippen LogP contribution >= 0.6 is 0 Å². The molecule has 6 nitrogen and oxygen atoms in total. The minimum Gasteiger partial charge on any atom is -0.464 e. The summed E-state index contributed by atoms with van der Waals surface area (Å²) in [5.41, 5.74) is 0.484. The van der Waals surface area contributed by atoms with E-state index in [1.54, 1.807) is 25.1 Å². The maximum atomic E-state index is 11.6. The summed E-state index contributed by atoms with van der Waals surface area (Å²) in [7, 11) is -3.79. The lowest BCUT2D eigenvalue weighted by Gasteiger charge is -2.25. The molecule has 0 fully saturated rings. The molecule has 0 radical (unpaired) electrons. The summed E-state index contributed by atoms with van der Waals surface area (Å²) in [5, 5.41) is 0. The molecule has 0 aliphatic carbocycles. The Labute approximate surface area is 125 Å². The average molecular weight is 315 g/mol. The number of hydrogen-bond donors (Lipinski definition) is 1. The van der Waals surface area contributed by atoms with Crippen LogP contribution in [0.1, 0.15) is 33.3 Å². The van der Waals surface area contributed by atoms with Crippen molar-refractivity contribution < 1.29 is 22.1 Å². The molecule has 2 rings (SSSR count). The summed E-state index contributed by atoms with van der Waals surface area (Å²) in [6, 6.07) is 4.95. The van der Waals surface area contributed by atoms with Crippen molar-refractivity contribution in [1.82, 2.24) is 4.72 Å². The van der Waals surface area contributed by atoms with Crippen LogP contribution in [-0.4, -0.2) is 27.9 Å². The quantitative estimate of drug-likeness (QED) is 0.868. The maximum absolute atomic E-state index is 11.6. The number of hydrogen-bond acceptors (Lipinski definition) is 5. The van der Waals surface area contributed by atoms with E-state index in [1.165, 1.54) is 0 Å². The lowest BCUT2D eigenvalue weighted by atomic mass is 9.85. The minimum absolute atomic E-state index is 0.253. The molecule has 1 unspecified atom stereocenters. The van der Waals surface area contributed by atoms with Gasteiger partial charge in [-0.05, 0) is 39.0 Å². The van der Waals surface area contributed by atoms with Gasteiger partial charge in [0.15, 0.2) is 0 Å².